The summed E-state index contributed by atoms with van der Waals surface area (Å²) in [4.78, 5) is 4.33. The molecule has 0 saturated heterocycles. The third-order valence-electron chi connectivity index (χ3n) is 2.99. The SMILES string of the molecule is C=C/C(C(=NCc1ccc(C(C)=N)cc1)C(C)=N)=C(\C)F. The van der Waals surface area contributed by atoms with E-state index in [1.807, 2.05) is 24.3 Å². The molecule has 4 heteroatoms. The number of hydrogen-bond acceptors (Lipinski definition) is 3. The first-order chi connectivity index (χ1) is 9.86. The smallest absolute Gasteiger partial charge is 0.106 e. The van der Waals surface area contributed by atoms with Crippen molar-refractivity contribution >= 4 is 17.1 Å². The highest BCUT2D eigenvalue weighted by Gasteiger charge is 2.10. The van der Waals surface area contributed by atoms with Crippen molar-refractivity contribution in [3.8, 4) is 0 Å². The van der Waals surface area contributed by atoms with Crippen LogP contribution in [0.1, 0.15) is 31.9 Å². The quantitative estimate of drug-likeness (QED) is 0.571. The average molecular weight is 285 g/mol. The fourth-order valence-corrected chi connectivity index (χ4v) is 1.84. The number of allylic oxidation sites excluding steroid dienone is 3. The molecule has 0 heterocycles. The third-order valence-corrected chi connectivity index (χ3v) is 2.99. The van der Waals surface area contributed by atoms with E-state index in [9.17, 15) is 4.39 Å². The Balaban J connectivity index is 3.04. The minimum Gasteiger partial charge on any atom is -0.305 e. The normalized spacial score (nSPS) is 12.7. The molecule has 0 fully saturated rings. The molecule has 2 N–H and O–H groups in total. The van der Waals surface area contributed by atoms with E-state index in [1.165, 1.54) is 13.0 Å². The van der Waals surface area contributed by atoms with Crippen LogP contribution in [-0.2, 0) is 6.54 Å². The van der Waals surface area contributed by atoms with Crippen LogP contribution in [0.15, 0.2) is 53.3 Å². The molecule has 1 aromatic carbocycles. The highest BCUT2D eigenvalue weighted by molar-refractivity contribution is 6.47. The first-order valence-electron chi connectivity index (χ1n) is 6.60. The number of nitrogens with zero attached hydrogens (tertiary/aromatic N) is 1. The van der Waals surface area contributed by atoms with Gasteiger partial charge >= 0.3 is 0 Å². The Morgan fingerprint density at radius 2 is 1.76 bits per heavy atom. The van der Waals surface area contributed by atoms with Gasteiger partial charge in [-0.15, -0.1) is 0 Å². The molecule has 0 aliphatic heterocycles. The summed E-state index contributed by atoms with van der Waals surface area (Å²) in [6.07, 6.45) is 1.38. The van der Waals surface area contributed by atoms with Crippen LogP contribution in [0.5, 0.6) is 0 Å². The lowest BCUT2D eigenvalue weighted by atomic mass is 10.1. The van der Waals surface area contributed by atoms with Crippen molar-refractivity contribution < 1.29 is 4.39 Å². The van der Waals surface area contributed by atoms with Crippen LogP contribution in [0.4, 0.5) is 4.39 Å². The van der Waals surface area contributed by atoms with Crippen LogP contribution < -0.4 is 0 Å². The second-order valence-corrected chi connectivity index (χ2v) is 4.76. The molecule has 0 spiro atoms. The maximum Gasteiger partial charge on any atom is 0.106 e. The second-order valence-electron chi connectivity index (χ2n) is 4.76. The number of halogens is 1. The number of rotatable bonds is 6. The van der Waals surface area contributed by atoms with Crippen molar-refractivity contribution in [1.82, 2.24) is 0 Å². The first-order valence-corrected chi connectivity index (χ1v) is 6.60. The Labute approximate surface area is 124 Å². The van der Waals surface area contributed by atoms with Gasteiger partial charge in [0.1, 0.15) is 5.83 Å². The summed E-state index contributed by atoms with van der Waals surface area (Å²) in [5.41, 5.74) is 3.09. The third kappa shape index (κ3) is 4.60. The minimum absolute atomic E-state index is 0.203. The summed E-state index contributed by atoms with van der Waals surface area (Å²) in [7, 11) is 0. The Morgan fingerprint density at radius 3 is 2.14 bits per heavy atom. The summed E-state index contributed by atoms with van der Waals surface area (Å²) in [5.74, 6) is -0.398. The van der Waals surface area contributed by atoms with Gasteiger partial charge in [-0.2, -0.15) is 0 Å². The highest BCUT2D eigenvalue weighted by Crippen LogP contribution is 2.12. The minimum atomic E-state index is -0.398. The lowest BCUT2D eigenvalue weighted by Gasteiger charge is -2.07. The van der Waals surface area contributed by atoms with E-state index in [1.54, 1.807) is 13.8 Å². The molecule has 0 atom stereocenters. The van der Waals surface area contributed by atoms with Crippen molar-refractivity contribution in [1.29, 1.82) is 10.8 Å². The predicted octanol–water partition coefficient (Wildman–Crippen LogP) is 4.48. The molecule has 0 unspecified atom stereocenters. The molecule has 0 radical (unpaired) electrons. The van der Waals surface area contributed by atoms with Crippen molar-refractivity contribution in [3.63, 3.8) is 0 Å². The van der Waals surface area contributed by atoms with Gasteiger partial charge < -0.3 is 10.8 Å². The Bertz CT molecular complexity index is 618. The Morgan fingerprint density at radius 1 is 1.19 bits per heavy atom. The van der Waals surface area contributed by atoms with Crippen molar-refractivity contribution in [2.75, 3.05) is 0 Å². The van der Waals surface area contributed by atoms with E-state index in [-0.39, 0.29) is 11.3 Å². The standard InChI is InChI=1S/C17H20FN3/c1-5-16(11(2)18)17(13(4)20)21-10-14-6-8-15(9-7-14)12(3)19/h5-9,19-20H,1,10H2,2-4H3/b16-11-,19-12?,20-13?,21-17?. The molecule has 21 heavy (non-hydrogen) atoms. The van der Waals surface area contributed by atoms with Gasteiger partial charge in [-0.05, 0) is 31.9 Å². The summed E-state index contributed by atoms with van der Waals surface area (Å²) in [5, 5.41) is 15.3. The molecule has 0 amide bonds. The van der Waals surface area contributed by atoms with Crippen LogP contribution in [-0.4, -0.2) is 17.1 Å². The van der Waals surface area contributed by atoms with Gasteiger partial charge in [-0.3, -0.25) is 4.99 Å². The molecule has 0 bridgehead atoms. The van der Waals surface area contributed by atoms with Crippen molar-refractivity contribution in [2.24, 2.45) is 4.99 Å². The lowest BCUT2D eigenvalue weighted by molar-refractivity contribution is 0.636. The Kier molecular flexibility index (Phi) is 5.91. The van der Waals surface area contributed by atoms with Crippen molar-refractivity contribution in [2.45, 2.75) is 27.3 Å². The van der Waals surface area contributed by atoms with Crippen LogP contribution in [0, 0.1) is 10.8 Å². The zero-order valence-electron chi connectivity index (χ0n) is 12.6. The van der Waals surface area contributed by atoms with E-state index in [4.69, 9.17) is 10.8 Å². The molecule has 110 valence electrons. The van der Waals surface area contributed by atoms with Crippen LogP contribution >= 0.6 is 0 Å². The average Bonchev–Trinajstić information content (AvgIpc) is 2.42. The van der Waals surface area contributed by atoms with Gasteiger partial charge in [0.2, 0.25) is 0 Å². The molecule has 0 aromatic heterocycles. The predicted molar refractivity (Wildman–Crippen MR) is 87.5 cm³/mol. The molecular formula is C17H20FN3. The maximum absolute atomic E-state index is 13.5. The second kappa shape index (κ2) is 7.43. The van der Waals surface area contributed by atoms with Gasteiger partial charge in [0, 0.05) is 11.3 Å². The van der Waals surface area contributed by atoms with Crippen LogP contribution in [0.2, 0.25) is 0 Å². The van der Waals surface area contributed by atoms with Crippen molar-refractivity contribution in [3.05, 3.63) is 59.4 Å². The van der Waals surface area contributed by atoms with Gasteiger partial charge in [-0.1, -0.05) is 36.9 Å². The summed E-state index contributed by atoms with van der Waals surface area (Å²) >= 11 is 0. The zero-order valence-corrected chi connectivity index (χ0v) is 12.6. The molecule has 0 saturated carbocycles. The van der Waals surface area contributed by atoms with Gasteiger partial charge in [0.15, 0.2) is 0 Å². The number of hydrogen-bond donors (Lipinski definition) is 2. The molecule has 1 rings (SSSR count). The van der Waals surface area contributed by atoms with Crippen LogP contribution in [0.25, 0.3) is 0 Å². The fraction of sp³-hybridized carbons (Fsp3) is 0.235. The van der Waals surface area contributed by atoms with E-state index in [0.29, 0.717) is 18.0 Å². The number of benzene rings is 1. The van der Waals surface area contributed by atoms with E-state index >= 15 is 0 Å². The van der Waals surface area contributed by atoms with Crippen LogP contribution in [0.3, 0.4) is 0 Å². The summed E-state index contributed by atoms with van der Waals surface area (Å²) < 4.78 is 13.5. The van der Waals surface area contributed by atoms with Gasteiger partial charge in [0.05, 0.1) is 18.0 Å². The van der Waals surface area contributed by atoms with Gasteiger partial charge in [-0.25, -0.2) is 4.39 Å². The lowest BCUT2D eigenvalue weighted by Crippen LogP contribution is -2.12. The van der Waals surface area contributed by atoms with E-state index in [2.05, 4.69) is 11.6 Å². The highest BCUT2D eigenvalue weighted by atomic mass is 19.1. The molecule has 0 aliphatic carbocycles. The zero-order chi connectivity index (χ0) is 16.0. The largest absolute Gasteiger partial charge is 0.305 e. The number of nitrogens with one attached hydrogen (secondary N) is 2. The van der Waals surface area contributed by atoms with E-state index < -0.39 is 5.83 Å². The summed E-state index contributed by atoms with van der Waals surface area (Å²) in [6.45, 7) is 8.56. The first kappa shape index (κ1) is 16.7. The van der Waals surface area contributed by atoms with E-state index in [0.717, 1.165) is 11.1 Å². The summed E-state index contributed by atoms with van der Waals surface area (Å²) in [6, 6.07) is 7.48. The molecule has 1 aromatic rings. The Hall–Kier alpha value is -2.36. The molecular weight excluding hydrogens is 265 g/mol. The maximum atomic E-state index is 13.5. The molecule has 0 aliphatic rings. The topological polar surface area (TPSA) is 60.1 Å². The fourth-order valence-electron chi connectivity index (χ4n) is 1.84. The monoisotopic (exact) mass is 285 g/mol. The number of aliphatic imine (C=N–C) groups is 1. The molecule has 3 nitrogen and oxygen atoms in total. The van der Waals surface area contributed by atoms with Gasteiger partial charge in [0.25, 0.3) is 0 Å².